The minimum absolute atomic E-state index is 0.00937. The molecule has 2 atom stereocenters. The number of benzene rings is 1. The first-order chi connectivity index (χ1) is 13.7. The van der Waals surface area contributed by atoms with Crippen molar-refractivity contribution in [3.63, 3.8) is 0 Å². The molecular formula is C19H16BrF3N4O2. The summed E-state index contributed by atoms with van der Waals surface area (Å²) in [7, 11) is 0. The van der Waals surface area contributed by atoms with Crippen LogP contribution in [0.5, 0.6) is 0 Å². The highest BCUT2D eigenvalue weighted by Gasteiger charge is 2.47. The summed E-state index contributed by atoms with van der Waals surface area (Å²) >= 11 is 3.32. The third-order valence-corrected chi connectivity index (χ3v) is 5.26. The summed E-state index contributed by atoms with van der Waals surface area (Å²) in [6.07, 6.45) is -3.61. The van der Waals surface area contributed by atoms with Crippen molar-refractivity contribution in [2.75, 3.05) is 10.6 Å². The number of halogens is 4. The molecule has 1 amide bonds. The van der Waals surface area contributed by atoms with Gasteiger partial charge in [0.1, 0.15) is 17.1 Å². The molecule has 2 N–H and O–H groups in total. The van der Waals surface area contributed by atoms with Crippen molar-refractivity contribution in [2.45, 2.75) is 31.6 Å². The molecule has 0 aliphatic carbocycles. The number of aromatic nitrogens is 2. The summed E-state index contributed by atoms with van der Waals surface area (Å²) < 4.78 is 48.1. The molecule has 0 radical (unpaired) electrons. The third-order valence-electron chi connectivity index (χ3n) is 4.73. The van der Waals surface area contributed by atoms with Crippen LogP contribution in [0.2, 0.25) is 0 Å². The van der Waals surface area contributed by atoms with Crippen LogP contribution < -0.4 is 10.6 Å². The van der Waals surface area contributed by atoms with E-state index in [1.807, 2.05) is 0 Å². The number of aryl methyl sites for hydroxylation is 1. The minimum atomic E-state index is -4.51. The molecule has 0 saturated carbocycles. The van der Waals surface area contributed by atoms with E-state index in [2.05, 4.69) is 31.7 Å². The van der Waals surface area contributed by atoms with Crippen LogP contribution in [0.1, 0.15) is 40.2 Å². The van der Waals surface area contributed by atoms with Crippen molar-refractivity contribution in [1.29, 1.82) is 0 Å². The molecule has 4 rings (SSSR count). The number of furan rings is 1. The number of nitrogens with one attached hydrogen (secondary N) is 2. The van der Waals surface area contributed by atoms with Crippen LogP contribution in [0.3, 0.4) is 0 Å². The Morgan fingerprint density at radius 2 is 2.00 bits per heavy atom. The van der Waals surface area contributed by atoms with Crippen LogP contribution in [-0.4, -0.2) is 21.9 Å². The second-order valence-corrected chi connectivity index (χ2v) is 7.67. The molecule has 0 saturated heterocycles. The van der Waals surface area contributed by atoms with Crippen LogP contribution in [0.15, 0.2) is 51.5 Å². The lowest BCUT2D eigenvalue weighted by Gasteiger charge is -2.34. The van der Waals surface area contributed by atoms with Crippen LogP contribution in [-0.2, 0) is 0 Å². The molecule has 6 nitrogen and oxygen atoms in total. The number of fused-ring (bicyclic) bond motifs is 1. The summed E-state index contributed by atoms with van der Waals surface area (Å²) in [5.41, 5.74) is 0.693. The van der Waals surface area contributed by atoms with Crippen LogP contribution in [0.4, 0.5) is 24.9 Å². The summed E-state index contributed by atoms with van der Waals surface area (Å²) in [6, 6.07) is 7.77. The lowest BCUT2D eigenvalue weighted by Crippen LogP contribution is -2.36. The second kappa shape index (κ2) is 7.25. The maximum absolute atomic E-state index is 13.7. The Hall–Kier alpha value is -2.75. The first kappa shape index (κ1) is 19.6. The van der Waals surface area contributed by atoms with Gasteiger partial charge in [-0.05, 0) is 30.7 Å². The quantitative estimate of drug-likeness (QED) is 0.535. The largest absolute Gasteiger partial charge is 0.446 e. The van der Waals surface area contributed by atoms with E-state index >= 15 is 0 Å². The van der Waals surface area contributed by atoms with E-state index in [0.717, 1.165) is 15.4 Å². The van der Waals surface area contributed by atoms with Crippen molar-refractivity contribution in [3.05, 3.63) is 64.0 Å². The average molecular weight is 469 g/mol. The molecule has 3 aromatic rings. The van der Waals surface area contributed by atoms with Gasteiger partial charge in [-0.2, -0.15) is 18.3 Å². The average Bonchev–Trinajstić information content (AvgIpc) is 3.26. The molecule has 1 aliphatic heterocycles. The van der Waals surface area contributed by atoms with Crippen molar-refractivity contribution >= 4 is 33.5 Å². The molecule has 0 fully saturated rings. The van der Waals surface area contributed by atoms with Crippen LogP contribution in [0.25, 0.3) is 0 Å². The van der Waals surface area contributed by atoms with E-state index in [1.165, 1.54) is 0 Å². The van der Waals surface area contributed by atoms with E-state index in [1.54, 1.807) is 43.3 Å². The SMILES string of the molecule is Cc1ccc(NC(=O)c2cnn3c2NC(c2ccc(Br)cc2)CC3C(F)(F)F)o1. The molecule has 152 valence electrons. The number of anilines is 2. The van der Waals surface area contributed by atoms with E-state index < -0.39 is 24.2 Å². The molecule has 29 heavy (non-hydrogen) atoms. The van der Waals surface area contributed by atoms with Crippen molar-refractivity contribution in [2.24, 2.45) is 0 Å². The van der Waals surface area contributed by atoms with Crippen LogP contribution >= 0.6 is 15.9 Å². The Labute approximate surface area is 172 Å². The van der Waals surface area contributed by atoms with E-state index in [0.29, 0.717) is 11.3 Å². The van der Waals surface area contributed by atoms with E-state index in [-0.39, 0.29) is 23.7 Å². The topological polar surface area (TPSA) is 72.1 Å². The van der Waals surface area contributed by atoms with Gasteiger partial charge in [-0.15, -0.1) is 0 Å². The fraction of sp³-hybridized carbons (Fsp3) is 0.263. The number of rotatable bonds is 3. The van der Waals surface area contributed by atoms with Gasteiger partial charge in [0, 0.05) is 17.0 Å². The predicted molar refractivity (Wildman–Crippen MR) is 104 cm³/mol. The Balaban J connectivity index is 1.69. The molecule has 0 bridgehead atoms. The highest BCUT2D eigenvalue weighted by atomic mass is 79.9. The summed E-state index contributed by atoms with van der Waals surface area (Å²) in [4.78, 5) is 12.6. The fourth-order valence-electron chi connectivity index (χ4n) is 3.32. The first-order valence-corrected chi connectivity index (χ1v) is 9.55. The van der Waals surface area contributed by atoms with Gasteiger partial charge in [0.15, 0.2) is 11.9 Å². The normalized spacial score (nSPS) is 18.8. The molecular weight excluding hydrogens is 453 g/mol. The summed E-state index contributed by atoms with van der Waals surface area (Å²) in [5, 5.41) is 9.44. The van der Waals surface area contributed by atoms with Gasteiger partial charge in [0.05, 0.1) is 12.2 Å². The van der Waals surface area contributed by atoms with E-state index in [4.69, 9.17) is 4.42 Å². The molecule has 0 spiro atoms. The number of alkyl halides is 3. The molecule has 2 unspecified atom stereocenters. The number of hydrogen-bond acceptors (Lipinski definition) is 4. The Morgan fingerprint density at radius 3 is 2.62 bits per heavy atom. The van der Waals surface area contributed by atoms with Gasteiger partial charge in [0.2, 0.25) is 0 Å². The third kappa shape index (κ3) is 3.89. The van der Waals surface area contributed by atoms with Gasteiger partial charge in [-0.1, -0.05) is 28.1 Å². The van der Waals surface area contributed by atoms with Gasteiger partial charge in [-0.25, -0.2) is 4.68 Å². The summed E-state index contributed by atoms with van der Waals surface area (Å²) in [6.45, 7) is 1.72. The van der Waals surface area contributed by atoms with Crippen molar-refractivity contribution < 1.29 is 22.4 Å². The Morgan fingerprint density at radius 1 is 1.28 bits per heavy atom. The maximum atomic E-state index is 13.7. The van der Waals surface area contributed by atoms with Crippen molar-refractivity contribution in [1.82, 2.24) is 9.78 Å². The van der Waals surface area contributed by atoms with Gasteiger partial charge >= 0.3 is 6.18 Å². The first-order valence-electron chi connectivity index (χ1n) is 8.76. The molecule has 1 aromatic carbocycles. The number of carbonyl (C=O) groups is 1. The Bertz CT molecular complexity index is 1040. The maximum Gasteiger partial charge on any atom is 0.410 e. The van der Waals surface area contributed by atoms with Gasteiger partial charge < -0.3 is 9.73 Å². The molecule has 3 heterocycles. The van der Waals surface area contributed by atoms with Gasteiger partial charge in [0.25, 0.3) is 5.91 Å². The molecule has 1 aliphatic rings. The predicted octanol–water partition coefficient (Wildman–Crippen LogP) is 5.46. The van der Waals surface area contributed by atoms with Crippen molar-refractivity contribution in [3.8, 4) is 0 Å². The number of amides is 1. The second-order valence-electron chi connectivity index (χ2n) is 6.76. The lowest BCUT2D eigenvalue weighted by atomic mass is 9.96. The zero-order valence-electron chi connectivity index (χ0n) is 15.1. The minimum Gasteiger partial charge on any atom is -0.446 e. The monoisotopic (exact) mass is 468 g/mol. The van der Waals surface area contributed by atoms with Gasteiger partial charge in [-0.3, -0.25) is 10.1 Å². The highest BCUT2D eigenvalue weighted by Crippen LogP contribution is 2.44. The lowest BCUT2D eigenvalue weighted by molar-refractivity contribution is -0.173. The molecule has 2 aromatic heterocycles. The summed E-state index contributed by atoms with van der Waals surface area (Å²) in [5.74, 6) is 0.223. The standard InChI is InChI=1S/C19H16BrF3N4O2/c1-10-2-7-16(29-10)26-18(28)13-9-24-27-15(19(21,22)23)8-14(25-17(13)27)11-3-5-12(20)6-4-11/h2-7,9,14-15,25H,8H2,1H3,(H,26,28). The zero-order valence-corrected chi connectivity index (χ0v) is 16.7. The Kier molecular flexibility index (Phi) is 4.89. The number of hydrogen-bond donors (Lipinski definition) is 2. The smallest absolute Gasteiger partial charge is 0.410 e. The fourth-order valence-corrected chi connectivity index (χ4v) is 3.59. The van der Waals surface area contributed by atoms with Crippen LogP contribution in [0, 0.1) is 6.92 Å². The molecule has 10 heteroatoms. The highest BCUT2D eigenvalue weighted by molar-refractivity contribution is 9.10. The number of nitrogens with zero attached hydrogens (tertiary/aromatic N) is 2. The van der Waals surface area contributed by atoms with E-state index in [9.17, 15) is 18.0 Å². The zero-order chi connectivity index (χ0) is 20.8. The number of carbonyl (C=O) groups excluding carboxylic acids is 1.